The van der Waals surface area contributed by atoms with Crippen molar-refractivity contribution < 1.29 is 9.53 Å². The quantitative estimate of drug-likeness (QED) is 0.248. The standard InChI is InChI=1S/C15H21NO.C12H16O.C8H19N/c1-12(17)13-8-10-15(11-9-13)16-14-6-4-2-3-5-7-14;1-3-10-4-5-11-6-9(2)8-13-12(11)7-10;1-4-6-8(9-3)7-5-2/h8-11,14,16H,2-7H2,1H3;4-5,7,9H,3,6,8H2,1-2H3;8-9H,4-7H2,1-3H3. The van der Waals surface area contributed by atoms with Gasteiger partial charge in [-0.1, -0.05) is 78.4 Å². The Labute approximate surface area is 239 Å². The van der Waals surface area contributed by atoms with E-state index in [-0.39, 0.29) is 5.78 Å². The van der Waals surface area contributed by atoms with Crippen LogP contribution in [-0.4, -0.2) is 31.5 Å². The Morgan fingerprint density at radius 1 is 0.949 bits per heavy atom. The lowest BCUT2D eigenvalue weighted by Gasteiger charge is -2.22. The van der Waals surface area contributed by atoms with Crippen LogP contribution >= 0.6 is 0 Å². The predicted molar refractivity (Wildman–Crippen MR) is 168 cm³/mol. The number of carbonyl (C=O) groups is 1. The third-order valence-corrected chi connectivity index (χ3v) is 7.83. The molecule has 1 atom stereocenters. The van der Waals surface area contributed by atoms with Crippen molar-refractivity contribution in [2.45, 2.75) is 124 Å². The van der Waals surface area contributed by atoms with E-state index in [0.717, 1.165) is 36.1 Å². The van der Waals surface area contributed by atoms with Crippen molar-refractivity contribution in [2.24, 2.45) is 5.92 Å². The summed E-state index contributed by atoms with van der Waals surface area (Å²) in [4.78, 5) is 11.2. The van der Waals surface area contributed by atoms with Gasteiger partial charge in [0.05, 0.1) is 6.61 Å². The molecule has 4 nitrogen and oxygen atoms in total. The molecule has 0 spiro atoms. The van der Waals surface area contributed by atoms with Crippen LogP contribution in [0.5, 0.6) is 5.75 Å². The number of ketones is 1. The molecule has 2 aromatic carbocycles. The minimum atomic E-state index is 0.131. The molecule has 39 heavy (non-hydrogen) atoms. The largest absolute Gasteiger partial charge is 0.493 e. The van der Waals surface area contributed by atoms with Gasteiger partial charge in [0.2, 0.25) is 0 Å². The Bertz CT molecular complexity index is 926. The van der Waals surface area contributed by atoms with Crippen molar-refractivity contribution in [1.29, 1.82) is 0 Å². The molecule has 1 heterocycles. The van der Waals surface area contributed by atoms with Crippen molar-refractivity contribution in [2.75, 3.05) is 19.0 Å². The van der Waals surface area contributed by atoms with Crippen LogP contribution in [0.2, 0.25) is 0 Å². The van der Waals surface area contributed by atoms with Gasteiger partial charge in [0, 0.05) is 23.3 Å². The van der Waals surface area contributed by atoms with Crippen molar-refractivity contribution >= 4 is 11.5 Å². The number of anilines is 1. The SMILES string of the molecule is CC(=O)c1ccc(NC2CCCCCC2)cc1.CCCC(CCC)NC.CCc1ccc2c(c1)OCC(C)C2. The second-order valence-corrected chi connectivity index (χ2v) is 11.4. The van der Waals surface area contributed by atoms with Gasteiger partial charge in [-0.15, -0.1) is 0 Å². The number of benzene rings is 2. The average molecular weight is 537 g/mol. The van der Waals surface area contributed by atoms with E-state index in [1.807, 2.05) is 24.3 Å². The van der Waals surface area contributed by atoms with Gasteiger partial charge < -0.3 is 15.4 Å². The van der Waals surface area contributed by atoms with Gasteiger partial charge in [0.15, 0.2) is 5.78 Å². The van der Waals surface area contributed by atoms with Crippen LogP contribution < -0.4 is 15.4 Å². The third-order valence-electron chi connectivity index (χ3n) is 7.83. The molecule has 4 heteroatoms. The molecule has 2 aromatic rings. The Balaban J connectivity index is 0.000000216. The molecule has 1 aliphatic carbocycles. The van der Waals surface area contributed by atoms with Gasteiger partial charge in [0.25, 0.3) is 0 Å². The van der Waals surface area contributed by atoms with E-state index >= 15 is 0 Å². The van der Waals surface area contributed by atoms with Crippen LogP contribution in [0.15, 0.2) is 42.5 Å². The highest BCUT2D eigenvalue weighted by Crippen LogP contribution is 2.28. The summed E-state index contributed by atoms with van der Waals surface area (Å²) in [6.45, 7) is 11.4. The summed E-state index contributed by atoms with van der Waals surface area (Å²) >= 11 is 0. The number of carbonyl (C=O) groups excluding carboxylic acids is 1. The van der Waals surface area contributed by atoms with Crippen molar-refractivity contribution in [1.82, 2.24) is 5.32 Å². The highest BCUT2D eigenvalue weighted by atomic mass is 16.5. The minimum absolute atomic E-state index is 0.131. The Kier molecular flexibility index (Phi) is 15.9. The number of hydrogen-bond donors (Lipinski definition) is 2. The number of Topliss-reactive ketones (excluding diaryl/α,β-unsaturated/α-hetero) is 1. The molecule has 0 amide bonds. The maximum absolute atomic E-state index is 11.2. The number of hydrogen-bond acceptors (Lipinski definition) is 4. The molecule has 1 fully saturated rings. The summed E-state index contributed by atoms with van der Waals surface area (Å²) in [6, 6.07) is 15.8. The Morgan fingerprint density at radius 3 is 2.13 bits per heavy atom. The third kappa shape index (κ3) is 12.6. The van der Waals surface area contributed by atoms with E-state index in [1.165, 1.54) is 81.8 Å². The van der Waals surface area contributed by atoms with Gasteiger partial charge in [-0.3, -0.25) is 4.79 Å². The molecule has 1 unspecified atom stereocenters. The monoisotopic (exact) mass is 536 g/mol. The summed E-state index contributed by atoms with van der Waals surface area (Å²) in [5, 5.41) is 6.88. The lowest BCUT2D eigenvalue weighted by Crippen LogP contribution is -2.24. The topological polar surface area (TPSA) is 50.4 Å². The summed E-state index contributed by atoms with van der Waals surface area (Å²) in [7, 11) is 2.05. The van der Waals surface area contributed by atoms with Crippen molar-refractivity contribution in [3.05, 3.63) is 59.2 Å². The molecular formula is C35H56N2O2. The van der Waals surface area contributed by atoms with E-state index in [0.29, 0.717) is 12.0 Å². The lowest BCUT2D eigenvalue weighted by atomic mass is 9.97. The summed E-state index contributed by atoms with van der Waals surface area (Å²) in [5.41, 5.74) is 4.67. The van der Waals surface area contributed by atoms with E-state index in [9.17, 15) is 4.79 Å². The number of nitrogens with one attached hydrogen (secondary N) is 2. The van der Waals surface area contributed by atoms with Crippen LogP contribution in [0.4, 0.5) is 5.69 Å². The first kappa shape index (κ1) is 32.9. The molecule has 0 saturated heterocycles. The molecule has 0 radical (unpaired) electrons. The fraction of sp³-hybridized carbons (Fsp3) is 0.629. The molecule has 2 aliphatic rings. The van der Waals surface area contributed by atoms with Crippen molar-refractivity contribution in [3.8, 4) is 5.75 Å². The van der Waals surface area contributed by atoms with E-state index in [2.05, 4.69) is 63.6 Å². The zero-order chi connectivity index (χ0) is 28.5. The van der Waals surface area contributed by atoms with Gasteiger partial charge >= 0.3 is 0 Å². The highest BCUT2D eigenvalue weighted by Gasteiger charge is 2.16. The maximum atomic E-state index is 11.2. The molecule has 1 saturated carbocycles. The first-order valence-electron chi connectivity index (χ1n) is 15.7. The molecule has 4 rings (SSSR count). The second-order valence-electron chi connectivity index (χ2n) is 11.4. The van der Waals surface area contributed by atoms with Crippen LogP contribution in [0.25, 0.3) is 0 Å². The molecule has 1 aliphatic heterocycles. The zero-order valence-corrected chi connectivity index (χ0v) is 25.8. The van der Waals surface area contributed by atoms with E-state index in [1.54, 1.807) is 6.92 Å². The molecule has 218 valence electrons. The predicted octanol–water partition coefficient (Wildman–Crippen LogP) is 9.02. The Morgan fingerprint density at radius 2 is 1.59 bits per heavy atom. The summed E-state index contributed by atoms with van der Waals surface area (Å²) in [5.74, 6) is 1.91. The van der Waals surface area contributed by atoms with Crippen molar-refractivity contribution in [3.63, 3.8) is 0 Å². The normalized spacial score (nSPS) is 16.9. The molecule has 0 aromatic heterocycles. The first-order valence-corrected chi connectivity index (χ1v) is 15.7. The fourth-order valence-corrected chi connectivity index (χ4v) is 5.38. The van der Waals surface area contributed by atoms with Gasteiger partial charge in [-0.25, -0.2) is 0 Å². The van der Waals surface area contributed by atoms with Gasteiger partial charge in [-0.05, 0) is 99.9 Å². The zero-order valence-electron chi connectivity index (χ0n) is 25.8. The maximum Gasteiger partial charge on any atom is 0.159 e. The first-order chi connectivity index (χ1) is 18.9. The van der Waals surface area contributed by atoms with Gasteiger partial charge in [-0.2, -0.15) is 0 Å². The van der Waals surface area contributed by atoms with Crippen LogP contribution in [0.1, 0.15) is 120 Å². The number of fused-ring (bicyclic) bond motifs is 1. The van der Waals surface area contributed by atoms with Gasteiger partial charge in [0.1, 0.15) is 5.75 Å². The summed E-state index contributed by atoms with van der Waals surface area (Å²) in [6.07, 6.45) is 15.5. The highest BCUT2D eigenvalue weighted by molar-refractivity contribution is 5.94. The molecule has 2 N–H and O–H groups in total. The van der Waals surface area contributed by atoms with E-state index in [4.69, 9.17) is 4.74 Å². The molecular weight excluding hydrogens is 480 g/mol. The summed E-state index contributed by atoms with van der Waals surface area (Å²) < 4.78 is 5.68. The number of ether oxygens (including phenoxy) is 1. The number of rotatable bonds is 9. The second kappa shape index (κ2) is 18.9. The lowest BCUT2D eigenvalue weighted by molar-refractivity contribution is 0.101. The Hall–Kier alpha value is -2.33. The van der Waals surface area contributed by atoms with Crippen LogP contribution in [-0.2, 0) is 12.8 Å². The van der Waals surface area contributed by atoms with E-state index < -0.39 is 0 Å². The average Bonchev–Trinajstić information content (AvgIpc) is 3.22. The van der Waals surface area contributed by atoms with Crippen LogP contribution in [0.3, 0.4) is 0 Å². The van der Waals surface area contributed by atoms with Crippen LogP contribution in [0, 0.1) is 5.92 Å². The fourth-order valence-electron chi connectivity index (χ4n) is 5.38. The smallest absolute Gasteiger partial charge is 0.159 e. The number of aryl methyl sites for hydroxylation is 1. The minimum Gasteiger partial charge on any atom is -0.493 e. The molecule has 0 bridgehead atoms.